The SMILES string of the molecule is C=CC.CCC.CN(CC1Cc2ccccc2CN1)C(=O)NCCC1Cc2ccccc2C1. The average Bonchev–Trinajstić information content (AvgIpc) is 3.23. The van der Waals surface area contributed by atoms with Gasteiger partial charge in [-0.3, -0.25) is 0 Å². The molecule has 2 amide bonds. The van der Waals surface area contributed by atoms with Crippen LogP contribution in [0.2, 0.25) is 0 Å². The van der Waals surface area contributed by atoms with Crippen molar-refractivity contribution in [3.05, 3.63) is 83.4 Å². The van der Waals surface area contributed by atoms with Gasteiger partial charge in [-0.05, 0) is 60.8 Å². The Morgan fingerprint density at radius 1 is 1.03 bits per heavy atom. The van der Waals surface area contributed by atoms with Crippen molar-refractivity contribution in [1.29, 1.82) is 0 Å². The second kappa shape index (κ2) is 14.5. The summed E-state index contributed by atoms with van der Waals surface area (Å²) >= 11 is 0. The molecular formula is C29H43N3O. The van der Waals surface area contributed by atoms with Crippen LogP contribution in [0.3, 0.4) is 0 Å². The molecule has 0 saturated carbocycles. The van der Waals surface area contributed by atoms with E-state index in [4.69, 9.17) is 0 Å². The molecule has 2 aliphatic rings. The molecule has 1 aliphatic heterocycles. The first-order chi connectivity index (χ1) is 16.0. The maximum atomic E-state index is 12.4. The van der Waals surface area contributed by atoms with Crippen molar-refractivity contribution in [3.63, 3.8) is 0 Å². The Kier molecular flexibility index (Phi) is 11.7. The van der Waals surface area contributed by atoms with Crippen molar-refractivity contribution in [2.45, 2.75) is 65.5 Å². The molecule has 2 N–H and O–H groups in total. The number of amides is 2. The van der Waals surface area contributed by atoms with E-state index in [9.17, 15) is 4.79 Å². The zero-order valence-electron chi connectivity index (χ0n) is 21.1. The number of fused-ring (bicyclic) bond motifs is 2. The Morgan fingerprint density at radius 2 is 1.52 bits per heavy atom. The smallest absolute Gasteiger partial charge is 0.317 e. The number of carbonyl (C=O) groups is 1. The number of allylic oxidation sites excluding steroid dienone is 1. The molecule has 0 fully saturated rings. The zero-order valence-corrected chi connectivity index (χ0v) is 21.1. The molecule has 1 aliphatic carbocycles. The van der Waals surface area contributed by atoms with Crippen molar-refractivity contribution in [2.75, 3.05) is 20.1 Å². The highest BCUT2D eigenvalue weighted by Crippen LogP contribution is 2.28. The maximum Gasteiger partial charge on any atom is 0.317 e. The van der Waals surface area contributed by atoms with Gasteiger partial charge in [0.25, 0.3) is 0 Å². The van der Waals surface area contributed by atoms with E-state index in [0.29, 0.717) is 12.0 Å². The third-order valence-electron chi connectivity index (χ3n) is 5.97. The molecule has 0 spiro atoms. The topological polar surface area (TPSA) is 44.4 Å². The molecule has 0 saturated heterocycles. The number of urea groups is 1. The number of nitrogens with one attached hydrogen (secondary N) is 2. The number of benzene rings is 2. The second-order valence-electron chi connectivity index (χ2n) is 9.11. The fraction of sp³-hybridized carbons (Fsp3) is 0.483. The van der Waals surface area contributed by atoms with Crippen LogP contribution < -0.4 is 10.6 Å². The summed E-state index contributed by atoms with van der Waals surface area (Å²) in [6.45, 7) is 11.9. The van der Waals surface area contributed by atoms with E-state index in [-0.39, 0.29) is 6.03 Å². The van der Waals surface area contributed by atoms with Crippen LogP contribution in [0.15, 0.2) is 61.2 Å². The first-order valence-electron chi connectivity index (χ1n) is 12.4. The van der Waals surface area contributed by atoms with Crippen molar-refractivity contribution < 1.29 is 4.79 Å². The van der Waals surface area contributed by atoms with E-state index in [1.54, 1.807) is 6.08 Å². The fourth-order valence-electron chi connectivity index (χ4n) is 4.44. The van der Waals surface area contributed by atoms with Crippen LogP contribution in [-0.2, 0) is 25.8 Å². The third-order valence-corrected chi connectivity index (χ3v) is 5.97. The fourth-order valence-corrected chi connectivity index (χ4v) is 4.44. The summed E-state index contributed by atoms with van der Waals surface area (Å²) in [5, 5.41) is 6.65. The molecule has 4 rings (SSSR count). The predicted octanol–water partition coefficient (Wildman–Crippen LogP) is 5.76. The number of hydrogen-bond donors (Lipinski definition) is 2. The van der Waals surface area contributed by atoms with Crippen LogP contribution in [0.4, 0.5) is 4.79 Å². The quantitative estimate of drug-likeness (QED) is 0.570. The molecule has 1 heterocycles. The lowest BCUT2D eigenvalue weighted by Crippen LogP contribution is -2.48. The minimum atomic E-state index is 0.0335. The second-order valence-corrected chi connectivity index (χ2v) is 9.11. The van der Waals surface area contributed by atoms with Crippen LogP contribution in [0, 0.1) is 5.92 Å². The van der Waals surface area contributed by atoms with Gasteiger partial charge in [0.1, 0.15) is 0 Å². The normalized spacial score (nSPS) is 16.2. The molecule has 33 heavy (non-hydrogen) atoms. The van der Waals surface area contributed by atoms with E-state index in [0.717, 1.165) is 45.3 Å². The number of likely N-dealkylation sites (N-methyl/N-ethyl adjacent to an activating group) is 1. The minimum Gasteiger partial charge on any atom is -0.338 e. The molecular weight excluding hydrogens is 406 g/mol. The Balaban J connectivity index is 0.000000582. The number of carbonyl (C=O) groups excluding carboxylic acids is 1. The van der Waals surface area contributed by atoms with Crippen LogP contribution in [-0.4, -0.2) is 37.1 Å². The van der Waals surface area contributed by atoms with Gasteiger partial charge in [-0.1, -0.05) is 74.9 Å². The summed E-state index contributed by atoms with van der Waals surface area (Å²) in [7, 11) is 1.89. The van der Waals surface area contributed by atoms with Crippen LogP contribution in [0.5, 0.6) is 0 Å². The first kappa shape index (κ1) is 26.7. The monoisotopic (exact) mass is 449 g/mol. The van der Waals surface area contributed by atoms with E-state index in [1.165, 1.54) is 28.7 Å². The summed E-state index contributed by atoms with van der Waals surface area (Å²) in [5.74, 6) is 0.657. The Hall–Kier alpha value is -2.59. The van der Waals surface area contributed by atoms with Crippen molar-refractivity contribution in [1.82, 2.24) is 15.5 Å². The molecule has 4 heteroatoms. The molecule has 1 atom stereocenters. The van der Waals surface area contributed by atoms with E-state index in [2.05, 4.69) is 79.6 Å². The molecule has 2 aromatic rings. The minimum absolute atomic E-state index is 0.0335. The lowest BCUT2D eigenvalue weighted by molar-refractivity contribution is 0.201. The maximum absolute atomic E-state index is 12.4. The third kappa shape index (κ3) is 8.70. The van der Waals surface area contributed by atoms with Crippen molar-refractivity contribution >= 4 is 6.03 Å². The zero-order chi connectivity index (χ0) is 24.1. The van der Waals surface area contributed by atoms with Gasteiger partial charge in [-0.15, -0.1) is 6.58 Å². The Labute approximate surface area is 201 Å². The van der Waals surface area contributed by atoms with Crippen molar-refractivity contribution in [3.8, 4) is 0 Å². The van der Waals surface area contributed by atoms with Gasteiger partial charge < -0.3 is 15.5 Å². The molecule has 0 radical (unpaired) electrons. The van der Waals surface area contributed by atoms with Gasteiger partial charge in [0.05, 0.1) is 0 Å². The molecule has 1 unspecified atom stereocenters. The molecule has 0 bridgehead atoms. The highest BCUT2D eigenvalue weighted by Gasteiger charge is 2.22. The number of hydrogen-bond acceptors (Lipinski definition) is 2. The number of rotatable bonds is 5. The molecule has 180 valence electrons. The van der Waals surface area contributed by atoms with Gasteiger partial charge in [0.2, 0.25) is 0 Å². The standard InChI is InChI=1S/C23H29N3O.C3H8.C3H6/c1-26(16-22-14-20-8-4-5-9-21(20)15-25-22)23(27)24-11-10-17-12-18-6-2-3-7-19(18)13-17;2*1-3-2/h2-9,17,22,25H,10-16H2,1H3,(H,24,27);3H2,1-2H3;3H,1H2,2H3. The summed E-state index contributed by atoms with van der Waals surface area (Å²) in [6.07, 6.45) is 7.32. The summed E-state index contributed by atoms with van der Waals surface area (Å²) in [5.41, 5.74) is 5.73. The van der Waals surface area contributed by atoms with E-state index >= 15 is 0 Å². The van der Waals surface area contributed by atoms with Gasteiger partial charge in [0, 0.05) is 32.7 Å². The van der Waals surface area contributed by atoms with Crippen LogP contribution in [0.1, 0.15) is 55.9 Å². The Morgan fingerprint density at radius 3 is 2.06 bits per heavy atom. The van der Waals surface area contributed by atoms with Gasteiger partial charge in [0.15, 0.2) is 0 Å². The predicted molar refractivity (Wildman–Crippen MR) is 141 cm³/mol. The highest BCUT2D eigenvalue weighted by atomic mass is 16.2. The summed E-state index contributed by atoms with van der Waals surface area (Å²) in [6, 6.07) is 17.6. The van der Waals surface area contributed by atoms with Gasteiger partial charge in [-0.2, -0.15) is 0 Å². The highest BCUT2D eigenvalue weighted by molar-refractivity contribution is 5.73. The molecule has 4 nitrogen and oxygen atoms in total. The van der Waals surface area contributed by atoms with Crippen LogP contribution in [0.25, 0.3) is 0 Å². The van der Waals surface area contributed by atoms with Gasteiger partial charge >= 0.3 is 6.03 Å². The lowest BCUT2D eigenvalue weighted by atomic mass is 9.96. The van der Waals surface area contributed by atoms with Gasteiger partial charge in [-0.25, -0.2) is 4.79 Å². The summed E-state index contributed by atoms with van der Waals surface area (Å²) in [4.78, 5) is 14.3. The van der Waals surface area contributed by atoms with E-state index in [1.807, 2.05) is 18.9 Å². The Bertz CT molecular complexity index is 838. The number of nitrogens with zero attached hydrogens (tertiary/aromatic N) is 1. The molecule has 0 aromatic heterocycles. The first-order valence-corrected chi connectivity index (χ1v) is 12.4. The van der Waals surface area contributed by atoms with Crippen molar-refractivity contribution in [2.24, 2.45) is 5.92 Å². The van der Waals surface area contributed by atoms with E-state index < -0.39 is 0 Å². The largest absolute Gasteiger partial charge is 0.338 e. The molecule has 2 aromatic carbocycles. The average molecular weight is 450 g/mol. The van der Waals surface area contributed by atoms with Crippen LogP contribution >= 0.6 is 0 Å². The summed E-state index contributed by atoms with van der Waals surface area (Å²) < 4.78 is 0. The lowest BCUT2D eigenvalue weighted by Gasteiger charge is -2.30.